The maximum Gasteiger partial charge on any atom is 0.254 e. The molecular formula is C27H32N4O3. The van der Waals surface area contributed by atoms with Crippen LogP contribution < -0.4 is 10.4 Å². The van der Waals surface area contributed by atoms with Crippen LogP contribution in [0.4, 0.5) is 5.69 Å². The van der Waals surface area contributed by atoms with E-state index in [-0.39, 0.29) is 11.8 Å². The molecular weight excluding hydrogens is 428 g/mol. The molecule has 3 fully saturated rings. The molecule has 4 aliphatic rings. The summed E-state index contributed by atoms with van der Waals surface area (Å²) in [5.74, 6) is 0.610. The molecule has 2 saturated carbocycles. The maximum absolute atomic E-state index is 13.0. The molecule has 0 atom stereocenters. The minimum atomic E-state index is -1.14. The lowest BCUT2D eigenvalue weighted by Gasteiger charge is -2.35. The van der Waals surface area contributed by atoms with Gasteiger partial charge in [0.1, 0.15) is 5.60 Å². The van der Waals surface area contributed by atoms with E-state index >= 15 is 0 Å². The molecule has 6 rings (SSSR count). The minimum Gasteiger partial charge on any atom is -0.380 e. The number of carbonyl (C=O) groups is 2. The smallest absolute Gasteiger partial charge is 0.254 e. The van der Waals surface area contributed by atoms with E-state index in [2.05, 4.69) is 28.6 Å². The molecule has 0 unspecified atom stereocenters. The summed E-state index contributed by atoms with van der Waals surface area (Å²) >= 11 is 0. The number of amides is 2. The van der Waals surface area contributed by atoms with Crippen molar-refractivity contribution in [3.8, 4) is 11.1 Å². The third-order valence-electron chi connectivity index (χ3n) is 7.94. The number of fused-ring (bicyclic) bond motifs is 1. The Morgan fingerprint density at radius 1 is 0.941 bits per heavy atom. The predicted molar refractivity (Wildman–Crippen MR) is 130 cm³/mol. The van der Waals surface area contributed by atoms with Gasteiger partial charge < -0.3 is 19.9 Å². The highest BCUT2D eigenvalue weighted by Gasteiger charge is 2.50. The van der Waals surface area contributed by atoms with Crippen LogP contribution in [0.15, 0.2) is 42.5 Å². The molecule has 0 aromatic heterocycles. The summed E-state index contributed by atoms with van der Waals surface area (Å²) in [4.78, 5) is 28.8. The lowest BCUT2D eigenvalue weighted by molar-refractivity contribution is -0.143. The van der Waals surface area contributed by atoms with Crippen molar-refractivity contribution in [2.75, 3.05) is 37.7 Å². The Hall–Kier alpha value is -2.90. The van der Waals surface area contributed by atoms with Gasteiger partial charge in [0.25, 0.3) is 11.8 Å². The summed E-state index contributed by atoms with van der Waals surface area (Å²) < 4.78 is 0. The molecule has 178 valence electrons. The summed E-state index contributed by atoms with van der Waals surface area (Å²) in [6.07, 6.45) is 5.12. The van der Waals surface area contributed by atoms with Crippen molar-refractivity contribution in [1.29, 1.82) is 0 Å². The number of carbonyl (C=O) groups excluding carboxylic acids is 2. The van der Waals surface area contributed by atoms with Gasteiger partial charge in [-0.2, -0.15) is 0 Å². The number of benzene rings is 2. The van der Waals surface area contributed by atoms with Crippen molar-refractivity contribution in [1.82, 2.24) is 15.2 Å². The quantitative estimate of drug-likeness (QED) is 0.718. The Morgan fingerprint density at radius 2 is 1.62 bits per heavy atom. The van der Waals surface area contributed by atoms with E-state index in [4.69, 9.17) is 0 Å². The van der Waals surface area contributed by atoms with Gasteiger partial charge in [-0.3, -0.25) is 9.59 Å². The first-order valence-electron chi connectivity index (χ1n) is 12.6. The first-order valence-corrected chi connectivity index (χ1v) is 12.6. The predicted octanol–water partition coefficient (Wildman–Crippen LogP) is 2.79. The Labute approximate surface area is 200 Å². The van der Waals surface area contributed by atoms with E-state index in [1.165, 1.54) is 30.5 Å². The molecule has 0 spiro atoms. The third kappa shape index (κ3) is 3.97. The van der Waals surface area contributed by atoms with Gasteiger partial charge in [0.2, 0.25) is 0 Å². The van der Waals surface area contributed by atoms with Crippen LogP contribution in [0.5, 0.6) is 0 Å². The molecule has 0 radical (unpaired) electrons. The Kier molecular flexibility index (Phi) is 5.34. The molecule has 7 nitrogen and oxygen atoms in total. The van der Waals surface area contributed by atoms with Crippen LogP contribution >= 0.6 is 0 Å². The number of hydrazine groups is 1. The van der Waals surface area contributed by atoms with Gasteiger partial charge in [0, 0.05) is 44.8 Å². The zero-order chi connectivity index (χ0) is 23.3. The van der Waals surface area contributed by atoms with Crippen LogP contribution in [-0.2, 0) is 11.3 Å². The van der Waals surface area contributed by atoms with Crippen LogP contribution in [0.25, 0.3) is 11.1 Å². The summed E-state index contributed by atoms with van der Waals surface area (Å²) in [5, 5.41) is 12.4. The topological polar surface area (TPSA) is 76.1 Å². The second kappa shape index (κ2) is 8.40. The monoisotopic (exact) mass is 460 g/mol. The normalized spacial score (nSPS) is 21.3. The number of anilines is 1. The lowest BCUT2D eigenvalue weighted by atomic mass is 9.85. The SMILES string of the molecule is O=C(c1ccc(-c2ccc3c(c2)N(CC2CCC2)NC3)cc1)N1CCN(C(=O)C2(O)CC2)CC1. The van der Waals surface area contributed by atoms with Gasteiger partial charge in [-0.15, -0.1) is 0 Å². The molecule has 2 N–H and O–H groups in total. The molecule has 1 saturated heterocycles. The lowest BCUT2D eigenvalue weighted by Crippen LogP contribution is -2.53. The molecule has 7 heteroatoms. The van der Waals surface area contributed by atoms with E-state index in [0.717, 1.165) is 30.1 Å². The van der Waals surface area contributed by atoms with Crippen LogP contribution in [0.1, 0.15) is 48.0 Å². The molecule has 2 aliphatic carbocycles. The average molecular weight is 461 g/mol. The minimum absolute atomic E-state index is 0.00592. The van der Waals surface area contributed by atoms with Crippen molar-refractivity contribution in [3.05, 3.63) is 53.6 Å². The second-order valence-electron chi connectivity index (χ2n) is 10.3. The molecule has 2 amide bonds. The average Bonchev–Trinajstić information content (AvgIpc) is 3.48. The Morgan fingerprint density at radius 3 is 2.26 bits per heavy atom. The van der Waals surface area contributed by atoms with Crippen molar-refractivity contribution in [3.63, 3.8) is 0 Å². The van der Waals surface area contributed by atoms with Gasteiger partial charge in [0.05, 0.1) is 5.69 Å². The third-order valence-corrected chi connectivity index (χ3v) is 7.94. The van der Waals surface area contributed by atoms with E-state index in [9.17, 15) is 14.7 Å². The van der Waals surface area contributed by atoms with E-state index < -0.39 is 5.60 Å². The van der Waals surface area contributed by atoms with Gasteiger partial charge in [-0.25, -0.2) is 5.43 Å². The molecule has 2 heterocycles. The fourth-order valence-electron chi connectivity index (χ4n) is 5.23. The van der Waals surface area contributed by atoms with Gasteiger partial charge in [-0.1, -0.05) is 30.7 Å². The first kappa shape index (κ1) is 21.6. The highest BCUT2D eigenvalue weighted by atomic mass is 16.3. The van der Waals surface area contributed by atoms with Crippen LogP contribution in [0.2, 0.25) is 0 Å². The number of rotatable bonds is 5. The van der Waals surface area contributed by atoms with Crippen LogP contribution in [0, 0.1) is 5.92 Å². The summed E-state index contributed by atoms with van der Waals surface area (Å²) in [6.45, 7) is 3.90. The fourth-order valence-corrected chi connectivity index (χ4v) is 5.23. The fraction of sp³-hybridized carbons (Fsp3) is 0.481. The van der Waals surface area contributed by atoms with Gasteiger partial charge >= 0.3 is 0 Å². The number of nitrogens with zero attached hydrogens (tertiary/aromatic N) is 3. The van der Waals surface area contributed by atoms with E-state index in [1.807, 2.05) is 24.3 Å². The first-order chi connectivity index (χ1) is 16.5. The number of nitrogens with one attached hydrogen (secondary N) is 1. The highest BCUT2D eigenvalue weighted by molar-refractivity contribution is 5.95. The zero-order valence-corrected chi connectivity index (χ0v) is 19.5. The number of piperazine rings is 1. The van der Waals surface area contributed by atoms with E-state index in [0.29, 0.717) is 44.6 Å². The van der Waals surface area contributed by atoms with Gasteiger partial charge in [0.15, 0.2) is 0 Å². The Balaban J connectivity index is 1.10. The molecule has 2 aromatic carbocycles. The molecule has 2 aliphatic heterocycles. The number of hydrogen-bond donors (Lipinski definition) is 2. The van der Waals surface area contributed by atoms with Crippen molar-refractivity contribution in [2.24, 2.45) is 5.92 Å². The standard InChI is InChI=1S/C27H32N4O3/c32-25(29-12-14-30(15-13-29)26(33)27(34)10-11-27)21-6-4-20(5-7-21)22-8-9-23-17-28-31(24(23)16-22)18-19-2-1-3-19/h4-9,16,19,28,34H,1-3,10-15,17-18H2. The summed E-state index contributed by atoms with van der Waals surface area (Å²) in [6, 6.07) is 14.5. The highest BCUT2D eigenvalue weighted by Crippen LogP contribution is 2.37. The molecule has 34 heavy (non-hydrogen) atoms. The molecule has 2 aromatic rings. The maximum atomic E-state index is 13.0. The number of aliphatic hydroxyl groups is 1. The Bertz CT molecular complexity index is 1100. The van der Waals surface area contributed by atoms with Crippen LogP contribution in [-0.4, -0.2) is 65.0 Å². The zero-order valence-electron chi connectivity index (χ0n) is 19.5. The van der Waals surface area contributed by atoms with Gasteiger partial charge in [-0.05, 0) is 66.5 Å². The molecule has 0 bridgehead atoms. The second-order valence-corrected chi connectivity index (χ2v) is 10.3. The van der Waals surface area contributed by atoms with Crippen molar-refractivity contribution >= 4 is 17.5 Å². The largest absolute Gasteiger partial charge is 0.380 e. The van der Waals surface area contributed by atoms with Crippen molar-refractivity contribution < 1.29 is 14.7 Å². The summed E-state index contributed by atoms with van der Waals surface area (Å²) in [5.41, 5.74) is 7.92. The van der Waals surface area contributed by atoms with E-state index in [1.54, 1.807) is 9.80 Å². The van der Waals surface area contributed by atoms with Crippen LogP contribution in [0.3, 0.4) is 0 Å². The van der Waals surface area contributed by atoms with Crippen molar-refractivity contribution in [2.45, 2.75) is 44.2 Å². The summed E-state index contributed by atoms with van der Waals surface area (Å²) in [7, 11) is 0. The number of hydrogen-bond acceptors (Lipinski definition) is 5.